The molecule has 1 aromatic carbocycles. The highest BCUT2D eigenvalue weighted by Gasteiger charge is 2.03. The summed E-state index contributed by atoms with van der Waals surface area (Å²) in [5, 5.41) is 3.11. The van der Waals surface area contributed by atoms with E-state index in [1.165, 1.54) is 0 Å². The summed E-state index contributed by atoms with van der Waals surface area (Å²) >= 11 is 0. The molecule has 2 rings (SSSR count). The van der Waals surface area contributed by atoms with Gasteiger partial charge in [-0.3, -0.25) is 0 Å². The molecule has 3 heteroatoms. The maximum absolute atomic E-state index is 4.44. The lowest BCUT2D eigenvalue weighted by molar-refractivity contribution is 1.06. The number of hydrogen-bond donors (Lipinski definition) is 1. The Hall–Kier alpha value is -1.90. The number of aromatic nitrogens is 2. The lowest BCUT2D eigenvalue weighted by atomic mass is 10.2. The maximum Gasteiger partial charge on any atom is 0.159 e. The zero-order valence-electron chi connectivity index (χ0n) is 9.78. The number of benzene rings is 1. The summed E-state index contributed by atoms with van der Waals surface area (Å²) in [6.45, 7) is 3.97. The van der Waals surface area contributed by atoms with Crippen LogP contribution in [0.4, 0.5) is 5.69 Å². The first-order chi connectivity index (χ1) is 7.69. The Balaban J connectivity index is 2.49. The van der Waals surface area contributed by atoms with E-state index in [4.69, 9.17) is 0 Å². The average Bonchev–Trinajstić information content (AvgIpc) is 2.28. The van der Waals surface area contributed by atoms with Gasteiger partial charge in [0.15, 0.2) is 5.82 Å². The molecule has 0 aliphatic carbocycles. The van der Waals surface area contributed by atoms with Crippen LogP contribution in [0.1, 0.15) is 11.4 Å². The van der Waals surface area contributed by atoms with Gasteiger partial charge in [-0.05, 0) is 32.0 Å². The van der Waals surface area contributed by atoms with Crippen molar-refractivity contribution in [2.75, 3.05) is 12.4 Å². The molecule has 0 fully saturated rings. The zero-order valence-corrected chi connectivity index (χ0v) is 9.78. The van der Waals surface area contributed by atoms with Crippen molar-refractivity contribution in [2.45, 2.75) is 13.8 Å². The van der Waals surface area contributed by atoms with Gasteiger partial charge in [0.2, 0.25) is 0 Å². The van der Waals surface area contributed by atoms with E-state index < -0.39 is 0 Å². The number of nitrogens with zero attached hydrogens (tertiary/aromatic N) is 2. The van der Waals surface area contributed by atoms with E-state index in [0.29, 0.717) is 0 Å². The van der Waals surface area contributed by atoms with Crippen molar-refractivity contribution in [1.29, 1.82) is 0 Å². The number of aryl methyl sites for hydroxylation is 2. The van der Waals surface area contributed by atoms with Crippen LogP contribution in [0, 0.1) is 13.8 Å². The highest BCUT2D eigenvalue weighted by molar-refractivity contribution is 5.62. The molecule has 1 aromatic heterocycles. The maximum atomic E-state index is 4.44. The fourth-order valence-electron chi connectivity index (χ4n) is 1.67. The van der Waals surface area contributed by atoms with E-state index in [1.807, 2.05) is 51.2 Å². The van der Waals surface area contributed by atoms with Gasteiger partial charge in [0.25, 0.3) is 0 Å². The normalized spacial score (nSPS) is 10.2. The molecule has 0 radical (unpaired) electrons. The van der Waals surface area contributed by atoms with Crippen molar-refractivity contribution >= 4 is 5.69 Å². The van der Waals surface area contributed by atoms with Gasteiger partial charge < -0.3 is 5.32 Å². The highest BCUT2D eigenvalue weighted by atomic mass is 14.9. The smallest absolute Gasteiger partial charge is 0.159 e. The van der Waals surface area contributed by atoms with Gasteiger partial charge in [-0.1, -0.05) is 12.1 Å². The molecule has 0 spiro atoms. The summed E-state index contributed by atoms with van der Waals surface area (Å²) in [7, 11) is 1.90. The number of anilines is 1. The monoisotopic (exact) mass is 213 g/mol. The molecule has 0 aliphatic heterocycles. The van der Waals surface area contributed by atoms with Crippen LogP contribution in [0.5, 0.6) is 0 Å². The first-order valence-corrected chi connectivity index (χ1v) is 5.29. The van der Waals surface area contributed by atoms with Gasteiger partial charge in [0.1, 0.15) is 0 Å². The van der Waals surface area contributed by atoms with Crippen molar-refractivity contribution in [3.63, 3.8) is 0 Å². The van der Waals surface area contributed by atoms with Gasteiger partial charge in [-0.25, -0.2) is 9.97 Å². The summed E-state index contributed by atoms with van der Waals surface area (Å²) in [6.07, 6.45) is 0. The Morgan fingerprint density at radius 1 is 1.00 bits per heavy atom. The second-order valence-electron chi connectivity index (χ2n) is 3.81. The standard InChI is InChI=1S/C13H15N3/c1-9-7-10(2)16-13(15-9)11-5-4-6-12(8-11)14-3/h4-8,14H,1-3H3. The van der Waals surface area contributed by atoms with Crippen LogP contribution in [0.2, 0.25) is 0 Å². The SMILES string of the molecule is CNc1cccc(-c2nc(C)cc(C)n2)c1. The molecule has 2 aromatic rings. The average molecular weight is 213 g/mol. The molecule has 3 nitrogen and oxygen atoms in total. The number of hydrogen-bond acceptors (Lipinski definition) is 3. The summed E-state index contributed by atoms with van der Waals surface area (Å²) in [6, 6.07) is 10.1. The molecule has 0 aliphatic rings. The predicted octanol–water partition coefficient (Wildman–Crippen LogP) is 2.80. The van der Waals surface area contributed by atoms with E-state index in [9.17, 15) is 0 Å². The Morgan fingerprint density at radius 3 is 2.31 bits per heavy atom. The Labute approximate surface area is 95.6 Å². The largest absolute Gasteiger partial charge is 0.388 e. The second kappa shape index (κ2) is 4.31. The van der Waals surface area contributed by atoms with Crippen LogP contribution >= 0.6 is 0 Å². The van der Waals surface area contributed by atoms with Crippen molar-refractivity contribution < 1.29 is 0 Å². The molecule has 0 unspecified atom stereocenters. The molecule has 1 N–H and O–H groups in total. The lowest BCUT2D eigenvalue weighted by Crippen LogP contribution is -1.95. The number of nitrogens with one attached hydrogen (secondary N) is 1. The Morgan fingerprint density at radius 2 is 1.69 bits per heavy atom. The summed E-state index contributed by atoms with van der Waals surface area (Å²) in [4.78, 5) is 8.88. The summed E-state index contributed by atoms with van der Waals surface area (Å²) in [5.41, 5.74) is 4.11. The third-order valence-corrected chi connectivity index (χ3v) is 2.39. The molecule has 16 heavy (non-hydrogen) atoms. The first kappa shape index (κ1) is 10.6. The molecule has 0 saturated carbocycles. The first-order valence-electron chi connectivity index (χ1n) is 5.29. The van der Waals surface area contributed by atoms with Crippen LogP contribution in [0.25, 0.3) is 11.4 Å². The quantitative estimate of drug-likeness (QED) is 0.833. The van der Waals surface area contributed by atoms with Crippen molar-refractivity contribution in [2.24, 2.45) is 0 Å². The summed E-state index contributed by atoms with van der Waals surface area (Å²) in [5.74, 6) is 0.787. The molecular weight excluding hydrogens is 198 g/mol. The second-order valence-corrected chi connectivity index (χ2v) is 3.81. The van der Waals surface area contributed by atoms with E-state index in [0.717, 1.165) is 28.5 Å². The van der Waals surface area contributed by atoms with Crippen molar-refractivity contribution in [3.05, 3.63) is 41.7 Å². The van der Waals surface area contributed by atoms with Crippen LogP contribution in [-0.4, -0.2) is 17.0 Å². The molecule has 0 bridgehead atoms. The van der Waals surface area contributed by atoms with Crippen molar-refractivity contribution in [1.82, 2.24) is 9.97 Å². The van der Waals surface area contributed by atoms with Crippen LogP contribution in [0.15, 0.2) is 30.3 Å². The lowest BCUT2D eigenvalue weighted by Gasteiger charge is -2.05. The van der Waals surface area contributed by atoms with E-state index in [1.54, 1.807) is 0 Å². The Kier molecular flexibility index (Phi) is 2.86. The van der Waals surface area contributed by atoms with Crippen LogP contribution < -0.4 is 5.32 Å². The van der Waals surface area contributed by atoms with Gasteiger partial charge >= 0.3 is 0 Å². The van der Waals surface area contributed by atoms with E-state index in [2.05, 4.69) is 15.3 Å². The van der Waals surface area contributed by atoms with Gasteiger partial charge in [-0.15, -0.1) is 0 Å². The van der Waals surface area contributed by atoms with E-state index >= 15 is 0 Å². The third kappa shape index (κ3) is 2.19. The van der Waals surface area contributed by atoms with Gasteiger partial charge in [0, 0.05) is 29.7 Å². The van der Waals surface area contributed by atoms with E-state index in [-0.39, 0.29) is 0 Å². The van der Waals surface area contributed by atoms with Crippen LogP contribution in [0.3, 0.4) is 0 Å². The third-order valence-electron chi connectivity index (χ3n) is 2.39. The fraction of sp³-hybridized carbons (Fsp3) is 0.231. The molecule has 0 atom stereocenters. The van der Waals surface area contributed by atoms with Crippen molar-refractivity contribution in [3.8, 4) is 11.4 Å². The molecule has 82 valence electrons. The highest BCUT2D eigenvalue weighted by Crippen LogP contribution is 2.19. The minimum absolute atomic E-state index is 0.787. The van der Waals surface area contributed by atoms with Gasteiger partial charge in [0.05, 0.1) is 0 Å². The summed E-state index contributed by atoms with van der Waals surface area (Å²) < 4.78 is 0. The minimum Gasteiger partial charge on any atom is -0.388 e. The molecule has 0 saturated heterocycles. The topological polar surface area (TPSA) is 37.8 Å². The Bertz CT molecular complexity index is 486. The minimum atomic E-state index is 0.787. The molecule has 0 amide bonds. The fourth-order valence-corrected chi connectivity index (χ4v) is 1.67. The van der Waals surface area contributed by atoms with Gasteiger partial charge in [-0.2, -0.15) is 0 Å². The molecule has 1 heterocycles. The predicted molar refractivity (Wildman–Crippen MR) is 66.5 cm³/mol. The zero-order chi connectivity index (χ0) is 11.5. The van der Waals surface area contributed by atoms with Crippen LogP contribution in [-0.2, 0) is 0 Å². The molecular formula is C13H15N3. The number of rotatable bonds is 2.